The highest BCUT2D eigenvalue weighted by atomic mass is 32.2. The molecule has 1 amide bonds. The van der Waals surface area contributed by atoms with Crippen LogP contribution < -0.4 is 10.1 Å². The van der Waals surface area contributed by atoms with Crippen LogP contribution in [0.5, 0.6) is 5.88 Å². The van der Waals surface area contributed by atoms with Gasteiger partial charge in [-0.15, -0.1) is 0 Å². The quantitative estimate of drug-likeness (QED) is 0.264. The number of thiazole rings is 1. The van der Waals surface area contributed by atoms with Gasteiger partial charge in [-0.05, 0) is 59.0 Å². The van der Waals surface area contributed by atoms with Gasteiger partial charge in [0, 0.05) is 23.6 Å². The van der Waals surface area contributed by atoms with Crippen LogP contribution in [0, 0.1) is 0 Å². The first-order valence-electron chi connectivity index (χ1n) is 13.1. The van der Waals surface area contributed by atoms with E-state index < -0.39 is 15.7 Å². The lowest BCUT2D eigenvalue weighted by Gasteiger charge is -2.31. The zero-order valence-electron chi connectivity index (χ0n) is 22.9. The lowest BCUT2D eigenvalue weighted by atomic mass is 10.1. The van der Waals surface area contributed by atoms with Crippen LogP contribution in [-0.2, 0) is 24.2 Å². The number of aromatic nitrogens is 2. The molecular formula is C27H33N5O6S2. The maximum atomic E-state index is 13.4. The molecule has 0 unspecified atom stereocenters. The van der Waals surface area contributed by atoms with Crippen LogP contribution in [0.2, 0.25) is 0 Å². The molecule has 5 rings (SSSR count). The minimum absolute atomic E-state index is 0.00410. The standard InChI is InChI=1S/C27H33N5O6S2/c1-27(2,32(3)4)16-37-22-12-11-21-25(29-22)39-26(28-21)30-24(33)23(31-38-18-13-14-36-15-18)17-5-7-19(8-6-17)40(34,35)20-9-10-20/h5-8,11-12,18,20H,9-10,13-16H2,1-4H3,(H,28,30,33)/t18-/m1/s1. The lowest BCUT2D eigenvalue weighted by Crippen LogP contribution is -2.43. The van der Waals surface area contributed by atoms with Crippen LogP contribution >= 0.6 is 11.3 Å². The Labute approximate surface area is 237 Å². The van der Waals surface area contributed by atoms with Gasteiger partial charge in [0.2, 0.25) is 5.88 Å². The number of sulfone groups is 1. The maximum absolute atomic E-state index is 13.4. The Morgan fingerprint density at radius 1 is 1.15 bits per heavy atom. The number of hydrogen-bond donors (Lipinski definition) is 1. The predicted octanol–water partition coefficient (Wildman–Crippen LogP) is 3.49. The third kappa shape index (κ3) is 6.43. The van der Waals surface area contributed by atoms with Crippen LogP contribution in [0.4, 0.5) is 5.13 Å². The predicted molar refractivity (Wildman–Crippen MR) is 153 cm³/mol. The summed E-state index contributed by atoms with van der Waals surface area (Å²) in [7, 11) is 0.632. The molecule has 3 heterocycles. The highest BCUT2D eigenvalue weighted by Crippen LogP contribution is 2.33. The number of carbonyl (C=O) groups excluding carboxylic acids is 1. The number of carbonyl (C=O) groups is 1. The van der Waals surface area contributed by atoms with Gasteiger partial charge in [-0.3, -0.25) is 10.1 Å². The number of benzene rings is 1. The summed E-state index contributed by atoms with van der Waals surface area (Å²) in [5.74, 6) is -0.0698. The number of rotatable bonds is 11. The first-order valence-corrected chi connectivity index (χ1v) is 15.4. The van der Waals surface area contributed by atoms with E-state index in [4.69, 9.17) is 14.3 Å². The highest BCUT2D eigenvalue weighted by Gasteiger charge is 2.37. The molecule has 1 aromatic carbocycles. The van der Waals surface area contributed by atoms with Crippen LogP contribution in [-0.4, -0.2) is 85.7 Å². The van der Waals surface area contributed by atoms with Crippen molar-refractivity contribution in [2.24, 2.45) is 5.16 Å². The van der Waals surface area contributed by atoms with Gasteiger partial charge >= 0.3 is 0 Å². The van der Waals surface area contributed by atoms with Crippen LogP contribution in [0.15, 0.2) is 46.4 Å². The molecule has 2 aliphatic rings. The van der Waals surface area contributed by atoms with Gasteiger partial charge in [0.15, 0.2) is 26.8 Å². The topological polar surface area (TPSA) is 132 Å². The monoisotopic (exact) mass is 587 g/mol. The summed E-state index contributed by atoms with van der Waals surface area (Å²) in [6.45, 7) is 5.55. The van der Waals surface area contributed by atoms with E-state index in [1.165, 1.54) is 23.5 Å². The fourth-order valence-corrected chi connectivity index (χ4v) is 6.27. The largest absolute Gasteiger partial charge is 0.476 e. The second-order valence-corrected chi connectivity index (χ2v) is 13.9. The number of ether oxygens (including phenoxy) is 2. The molecule has 1 saturated carbocycles. The van der Waals surface area contributed by atoms with Crippen LogP contribution in [0.1, 0.15) is 38.7 Å². The molecule has 1 saturated heterocycles. The fourth-order valence-electron chi connectivity index (χ4n) is 3.79. The van der Waals surface area contributed by atoms with Gasteiger partial charge in [-0.25, -0.2) is 18.4 Å². The number of pyridine rings is 1. The molecule has 1 atom stereocenters. The van der Waals surface area contributed by atoms with Gasteiger partial charge in [0.25, 0.3) is 5.91 Å². The number of oxime groups is 1. The molecule has 2 fully saturated rings. The first-order chi connectivity index (χ1) is 19.0. The Morgan fingerprint density at radius 3 is 2.55 bits per heavy atom. The van der Waals surface area contributed by atoms with E-state index in [1.807, 2.05) is 14.1 Å². The average molecular weight is 588 g/mol. The van der Waals surface area contributed by atoms with Crippen molar-refractivity contribution in [1.29, 1.82) is 0 Å². The second-order valence-electron chi connectivity index (χ2n) is 10.7. The Kier molecular flexibility index (Phi) is 8.09. The van der Waals surface area contributed by atoms with Crippen molar-refractivity contribution < 1.29 is 27.5 Å². The summed E-state index contributed by atoms with van der Waals surface area (Å²) < 4.78 is 36.5. The summed E-state index contributed by atoms with van der Waals surface area (Å²) in [6, 6.07) is 9.70. The summed E-state index contributed by atoms with van der Waals surface area (Å²) >= 11 is 1.21. The molecule has 1 N–H and O–H groups in total. The van der Waals surface area contributed by atoms with Crippen molar-refractivity contribution >= 4 is 48.3 Å². The van der Waals surface area contributed by atoms with Gasteiger partial charge in [-0.2, -0.15) is 0 Å². The van der Waals surface area contributed by atoms with E-state index in [0.29, 0.717) is 66.0 Å². The van der Waals surface area contributed by atoms with E-state index in [2.05, 4.69) is 39.2 Å². The average Bonchev–Trinajstić information content (AvgIpc) is 3.52. The second kappa shape index (κ2) is 11.4. The summed E-state index contributed by atoms with van der Waals surface area (Å²) in [5.41, 5.74) is 0.868. The van der Waals surface area contributed by atoms with E-state index in [0.717, 1.165) is 0 Å². The van der Waals surface area contributed by atoms with Crippen molar-refractivity contribution in [2.45, 2.75) is 54.9 Å². The number of nitrogens with zero attached hydrogens (tertiary/aromatic N) is 4. The Balaban J connectivity index is 1.34. The van der Waals surface area contributed by atoms with E-state index >= 15 is 0 Å². The van der Waals surface area contributed by atoms with Crippen LogP contribution in [0.25, 0.3) is 10.3 Å². The SMILES string of the molecule is CN(C)C(C)(C)COc1ccc2nc(NC(=O)C(=NO[C@@H]3CCOC3)c3ccc(S(=O)(=O)C4CC4)cc3)sc2n1. The van der Waals surface area contributed by atoms with Crippen molar-refractivity contribution in [2.75, 3.05) is 39.2 Å². The number of hydrogen-bond acceptors (Lipinski definition) is 11. The number of amides is 1. The molecule has 3 aromatic rings. The summed E-state index contributed by atoms with van der Waals surface area (Å²) in [5, 5.41) is 6.96. The van der Waals surface area contributed by atoms with Crippen molar-refractivity contribution in [3.63, 3.8) is 0 Å². The van der Waals surface area contributed by atoms with E-state index in [9.17, 15) is 13.2 Å². The minimum Gasteiger partial charge on any atom is -0.476 e. The molecule has 2 aromatic heterocycles. The zero-order chi connectivity index (χ0) is 28.5. The first kappa shape index (κ1) is 28.4. The molecule has 214 valence electrons. The normalized spacial score (nSPS) is 18.3. The van der Waals surface area contributed by atoms with Crippen molar-refractivity contribution in [1.82, 2.24) is 14.9 Å². The van der Waals surface area contributed by atoms with Crippen LogP contribution in [0.3, 0.4) is 0 Å². The molecule has 1 aliphatic carbocycles. The van der Waals surface area contributed by atoms with E-state index in [1.54, 1.807) is 24.3 Å². The molecule has 1 aliphatic heterocycles. The smallest absolute Gasteiger partial charge is 0.280 e. The number of anilines is 1. The van der Waals surface area contributed by atoms with Gasteiger partial charge in [0.05, 0.1) is 23.4 Å². The molecule has 40 heavy (non-hydrogen) atoms. The van der Waals surface area contributed by atoms with Crippen molar-refractivity contribution in [3.8, 4) is 5.88 Å². The third-order valence-electron chi connectivity index (χ3n) is 7.05. The van der Waals surface area contributed by atoms with Crippen molar-refractivity contribution in [3.05, 3.63) is 42.0 Å². The lowest BCUT2D eigenvalue weighted by molar-refractivity contribution is -0.110. The Hall–Kier alpha value is -3.13. The van der Waals surface area contributed by atoms with E-state index in [-0.39, 0.29) is 27.5 Å². The Bertz CT molecular complexity index is 1510. The maximum Gasteiger partial charge on any atom is 0.280 e. The zero-order valence-corrected chi connectivity index (χ0v) is 24.5. The minimum atomic E-state index is -3.35. The van der Waals surface area contributed by atoms with Gasteiger partial charge < -0.3 is 19.2 Å². The molecule has 0 bridgehead atoms. The molecular weight excluding hydrogens is 554 g/mol. The molecule has 11 nitrogen and oxygen atoms in total. The molecule has 0 radical (unpaired) electrons. The number of likely N-dealkylation sites (N-methyl/N-ethyl adjacent to an activating group) is 1. The fraction of sp³-hybridized carbons (Fsp3) is 0.481. The van der Waals surface area contributed by atoms with Gasteiger partial charge in [0.1, 0.15) is 17.0 Å². The highest BCUT2D eigenvalue weighted by molar-refractivity contribution is 7.92. The number of nitrogens with one attached hydrogen (secondary N) is 1. The summed E-state index contributed by atoms with van der Waals surface area (Å²) in [6.07, 6.45) is 1.75. The third-order valence-corrected chi connectivity index (χ3v) is 10.2. The molecule has 13 heteroatoms. The number of fused-ring (bicyclic) bond motifs is 1. The van der Waals surface area contributed by atoms with Gasteiger partial charge in [-0.1, -0.05) is 28.6 Å². The summed E-state index contributed by atoms with van der Waals surface area (Å²) in [4.78, 5) is 30.9. The Morgan fingerprint density at radius 2 is 1.90 bits per heavy atom. The molecule has 0 spiro atoms.